The summed E-state index contributed by atoms with van der Waals surface area (Å²) in [5, 5.41) is 11.5. The van der Waals surface area contributed by atoms with Gasteiger partial charge in [0, 0.05) is 5.69 Å². The van der Waals surface area contributed by atoms with Gasteiger partial charge in [0.1, 0.15) is 17.2 Å². The second-order valence-corrected chi connectivity index (χ2v) is 8.86. The summed E-state index contributed by atoms with van der Waals surface area (Å²) in [7, 11) is 0. The van der Waals surface area contributed by atoms with Crippen molar-refractivity contribution < 1.29 is 18.4 Å². The lowest BCUT2D eigenvalue weighted by molar-refractivity contribution is -0.115. The Bertz CT molecular complexity index is 1410. The molecular formula is C27H22N4O4S. The number of hydrogen-bond donors (Lipinski definition) is 1. The zero-order chi connectivity index (χ0) is 24.7. The molecule has 0 saturated heterocycles. The van der Waals surface area contributed by atoms with E-state index in [-0.39, 0.29) is 5.91 Å². The zero-order valence-electron chi connectivity index (χ0n) is 19.3. The Morgan fingerprint density at radius 3 is 2.17 bits per heavy atom. The molecule has 0 fully saturated rings. The molecule has 0 aliphatic heterocycles. The van der Waals surface area contributed by atoms with Gasteiger partial charge in [-0.1, -0.05) is 36.9 Å². The van der Waals surface area contributed by atoms with Crippen LogP contribution in [0.1, 0.15) is 13.3 Å². The van der Waals surface area contributed by atoms with E-state index in [0.29, 0.717) is 45.9 Å². The second-order valence-electron chi connectivity index (χ2n) is 7.69. The highest BCUT2D eigenvalue weighted by molar-refractivity contribution is 8.00. The number of amides is 1. The molecule has 3 aromatic heterocycles. The Morgan fingerprint density at radius 2 is 1.53 bits per heavy atom. The Morgan fingerprint density at radius 1 is 0.861 bits per heavy atom. The number of nitrogens with zero attached hydrogens (tertiary/aromatic N) is 3. The molecule has 1 N–H and O–H groups in total. The fraction of sp³-hybridized carbons (Fsp3) is 0.111. The third-order valence-corrected chi connectivity index (χ3v) is 6.40. The van der Waals surface area contributed by atoms with E-state index in [1.54, 1.807) is 48.9 Å². The molecule has 0 aliphatic rings. The van der Waals surface area contributed by atoms with Gasteiger partial charge < -0.3 is 18.9 Å². The molecule has 1 unspecified atom stereocenters. The molecule has 180 valence electrons. The minimum atomic E-state index is -0.425. The Labute approximate surface area is 211 Å². The van der Waals surface area contributed by atoms with E-state index in [9.17, 15) is 4.79 Å². The van der Waals surface area contributed by atoms with Gasteiger partial charge in [0.05, 0.1) is 17.8 Å². The van der Waals surface area contributed by atoms with Gasteiger partial charge in [0.25, 0.3) is 0 Å². The van der Waals surface area contributed by atoms with E-state index in [4.69, 9.17) is 13.6 Å². The first-order chi connectivity index (χ1) is 17.7. The van der Waals surface area contributed by atoms with Crippen molar-refractivity contribution in [2.45, 2.75) is 23.8 Å². The Kier molecular flexibility index (Phi) is 7.09. The van der Waals surface area contributed by atoms with Crippen LogP contribution in [0.3, 0.4) is 0 Å². The van der Waals surface area contributed by atoms with Gasteiger partial charge >= 0.3 is 0 Å². The fourth-order valence-corrected chi connectivity index (χ4v) is 4.25. The molecule has 0 radical (unpaired) electrons. The van der Waals surface area contributed by atoms with E-state index < -0.39 is 5.25 Å². The number of anilines is 1. The van der Waals surface area contributed by atoms with Gasteiger partial charge in [0.15, 0.2) is 17.2 Å². The highest BCUT2D eigenvalue weighted by Crippen LogP contribution is 2.32. The number of hydrogen-bond acceptors (Lipinski definition) is 8. The first-order valence-electron chi connectivity index (χ1n) is 11.3. The molecule has 8 nitrogen and oxygen atoms in total. The number of carbonyl (C=O) groups excluding carboxylic acids is 1. The van der Waals surface area contributed by atoms with Crippen LogP contribution in [-0.2, 0) is 4.79 Å². The number of para-hydroxylation sites is 1. The smallest absolute Gasteiger partial charge is 0.237 e. The lowest BCUT2D eigenvalue weighted by atomic mass is 10.2. The quantitative estimate of drug-likeness (QED) is 0.224. The first-order valence-corrected chi connectivity index (χ1v) is 12.2. The van der Waals surface area contributed by atoms with Crippen LogP contribution in [0, 0.1) is 0 Å². The van der Waals surface area contributed by atoms with Crippen LogP contribution in [0.15, 0.2) is 105 Å². The molecule has 0 bridgehead atoms. The molecular weight excluding hydrogens is 476 g/mol. The zero-order valence-corrected chi connectivity index (χ0v) is 20.1. The van der Waals surface area contributed by atoms with E-state index in [1.807, 2.05) is 49.4 Å². The third kappa shape index (κ3) is 5.47. The molecule has 9 heteroatoms. The second kappa shape index (κ2) is 10.9. The standard InChI is InChI=1S/C27H22N4O4S/c1-2-23(26(32)28-18-12-14-20(15-13-18)35-19-8-4-3-5-9-19)36-27-29-24(21-10-6-16-33-21)25(30-31-27)22-11-7-17-34-22/h3-17,23H,2H2,1H3,(H,28,32). The van der Waals surface area contributed by atoms with Gasteiger partial charge in [0.2, 0.25) is 11.1 Å². The van der Waals surface area contributed by atoms with Crippen LogP contribution in [0.2, 0.25) is 0 Å². The number of thioether (sulfide) groups is 1. The predicted octanol–water partition coefficient (Wildman–Crippen LogP) is 6.69. The van der Waals surface area contributed by atoms with Crippen LogP contribution in [0.5, 0.6) is 11.5 Å². The molecule has 1 amide bonds. The van der Waals surface area contributed by atoms with Gasteiger partial charge in [-0.15, -0.1) is 10.2 Å². The minimum absolute atomic E-state index is 0.155. The summed E-state index contributed by atoms with van der Waals surface area (Å²) >= 11 is 1.24. The number of benzene rings is 2. The van der Waals surface area contributed by atoms with Gasteiger partial charge in [-0.25, -0.2) is 4.98 Å². The maximum atomic E-state index is 13.0. The molecule has 0 spiro atoms. The molecule has 5 rings (SSSR count). The summed E-state index contributed by atoms with van der Waals surface area (Å²) in [6.45, 7) is 1.94. The van der Waals surface area contributed by atoms with E-state index in [1.165, 1.54) is 11.8 Å². The summed E-state index contributed by atoms with van der Waals surface area (Å²) in [5.41, 5.74) is 1.63. The lowest BCUT2D eigenvalue weighted by Crippen LogP contribution is -2.25. The van der Waals surface area contributed by atoms with E-state index >= 15 is 0 Å². The molecule has 3 heterocycles. The summed E-state index contributed by atoms with van der Waals surface area (Å²) in [6.07, 6.45) is 3.70. The first kappa shape index (κ1) is 23.4. The van der Waals surface area contributed by atoms with Crippen molar-refractivity contribution in [3.63, 3.8) is 0 Å². The number of rotatable bonds is 9. The SMILES string of the molecule is CCC(Sc1nnc(-c2ccco2)c(-c2ccco2)n1)C(=O)Nc1ccc(Oc2ccccc2)cc1. The third-order valence-electron chi connectivity index (χ3n) is 5.19. The van der Waals surface area contributed by atoms with E-state index in [2.05, 4.69) is 20.5 Å². The minimum Gasteiger partial charge on any atom is -0.463 e. The summed E-state index contributed by atoms with van der Waals surface area (Å²) in [4.78, 5) is 17.7. The summed E-state index contributed by atoms with van der Waals surface area (Å²) < 4.78 is 16.8. The van der Waals surface area contributed by atoms with E-state index in [0.717, 1.165) is 5.75 Å². The van der Waals surface area contributed by atoms with Crippen LogP contribution >= 0.6 is 11.8 Å². The van der Waals surface area contributed by atoms with Crippen molar-refractivity contribution in [1.29, 1.82) is 0 Å². The monoisotopic (exact) mass is 498 g/mol. The largest absolute Gasteiger partial charge is 0.463 e. The normalized spacial score (nSPS) is 11.7. The van der Waals surface area contributed by atoms with Crippen molar-refractivity contribution in [2.24, 2.45) is 0 Å². The number of ether oxygens (including phenoxy) is 1. The predicted molar refractivity (Wildman–Crippen MR) is 137 cm³/mol. The average molecular weight is 499 g/mol. The highest BCUT2D eigenvalue weighted by atomic mass is 32.2. The van der Waals surface area contributed by atoms with Crippen molar-refractivity contribution in [2.75, 3.05) is 5.32 Å². The van der Waals surface area contributed by atoms with Crippen molar-refractivity contribution in [1.82, 2.24) is 15.2 Å². The summed E-state index contributed by atoms with van der Waals surface area (Å²) in [6, 6.07) is 23.9. The molecule has 2 aromatic carbocycles. The fourth-order valence-electron chi connectivity index (χ4n) is 3.43. The maximum Gasteiger partial charge on any atom is 0.237 e. The molecule has 0 saturated carbocycles. The topological polar surface area (TPSA) is 103 Å². The van der Waals surface area contributed by atoms with Gasteiger partial charge in [-0.2, -0.15) is 0 Å². The Balaban J connectivity index is 1.29. The van der Waals surface area contributed by atoms with Crippen molar-refractivity contribution in [3.05, 3.63) is 91.4 Å². The summed E-state index contributed by atoms with van der Waals surface area (Å²) in [5.74, 6) is 2.34. The lowest BCUT2D eigenvalue weighted by Gasteiger charge is -2.14. The van der Waals surface area contributed by atoms with Crippen molar-refractivity contribution >= 4 is 23.4 Å². The molecule has 1 atom stereocenters. The van der Waals surface area contributed by atoms with Crippen LogP contribution in [0.4, 0.5) is 5.69 Å². The number of aromatic nitrogens is 3. The van der Waals surface area contributed by atoms with Crippen LogP contribution in [-0.4, -0.2) is 26.3 Å². The number of carbonyl (C=O) groups is 1. The molecule has 0 aliphatic carbocycles. The molecule has 5 aromatic rings. The number of furan rings is 2. The maximum absolute atomic E-state index is 13.0. The molecule has 36 heavy (non-hydrogen) atoms. The highest BCUT2D eigenvalue weighted by Gasteiger charge is 2.23. The van der Waals surface area contributed by atoms with Crippen LogP contribution < -0.4 is 10.1 Å². The van der Waals surface area contributed by atoms with Crippen LogP contribution in [0.25, 0.3) is 22.9 Å². The Hall–Kier alpha value is -4.37. The number of nitrogens with one attached hydrogen (secondary N) is 1. The van der Waals surface area contributed by atoms with Gasteiger partial charge in [-0.05, 0) is 67.1 Å². The van der Waals surface area contributed by atoms with Gasteiger partial charge in [-0.3, -0.25) is 4.79 Å². The average Bonchev–Trinajstić information content (AvgIpc) is 3.64. The van der Waals surface area contributed by atoms with Crippen molar-refractivity contribution in [3.8, 4) is 34.4 Å².